The second-order valence-corrected chi connectivity index (χ2v) is 8.49. The molecule has 0 N–H and O–H groups in total. The highest BCUT2D eigenvalue weighted by Crippen LogP contribution is 2.31. The lowest BCUT2D eigenvalue weighted by Gasteiger charge is -2.10. The molecule has 0 saturated carbocycles. The van der Waals surface area contributed by atoms with Crippen LogP contribution in [0.5, 0.6) is 0 Å². The Morgan fingerprint density at radius 1 is 1.10 bits per heavy atom. The van der Waals surface area contributed by atoms with Gasteiger partial charge < -0.3 is 13.7 Å². The Hall–Kier alpha value is -2.32. The minimum Gasteiger partial charge on any atom is -0.440 e. The summed E-state index contributed by atoms with van der Waals surface area (Å²) in [6.45, 7) is 1.36. The van der Waals surface area contributed by atoms with E-state index in [1.165, 1.54) is 11.8 Å². The van der Waals surface area contributed by atoms with Crippen LogP contribution in [-0.2, 0) is 17.0 Å². The SMILES string of the molecule is COCCCn1c(SCc2ncc(-c3cccc(Cl)c3)o2)nnc1-c1ccccc1Cl. The van der Waals surface area contributed by atoms with E-state index in [9.17, 15) is 0 Å². The lowest BCUT2D eigenvalue weighted by molar-refractivity contribution is 0.189. The van der Waals surface area contributed by atoms with Crippen molar-refractivity contribution in [3.8, 4) is 22.7 Å². The quantitative estimate of drug-likeness (QED) is 0.211. The molecule has 0 aliphatic heterocycles. The Balaban J connectivity index is 1.54. The number of thioether (sulfide) groups is 1. The van der Waals surface area contributed by atoms with Crippen molar-refractivity contribution in [3.63, 3.8) is 0 Å². The van der Waals surface area contributed by atoms with Gasteiger partial charge in [-0.1, -0.05) is 59.2 Å². The molecule has 0 fully saturated rings. The Kier molecular flexibility index (Phi) is 7.29. The van der Waals surface area contributed by atoms with Gasteiger partial charge in [-0.25, -0.2) is 4.98 Å². The van der Waals surface area contributed by atoms with Crippen molar-refractivity contribution in [2.75, 3.05) is 13.7 Å². The highest BCUT2D eigenvalue weighted by atomic mass is 35.5. The summed E-state index contributed by atoms with van der Waals surface area (Å²) in [6.07, 6.45) is 2.54. The number of hydrogen-bond donors (Lipinski definition) is 0. The van der Waals surface area contributed by atoms with Gasteiger partial charge >= 0.3 is 0 Å². The van der Waals surface area contributed by atoms with Crippen molar-refractivity contribution in [2.45, 2.75) is 23.9 Å². The first-order chi connectivity index (χ1) is 15.2. The molecule has 0 atom stereocenters. The molecule has 0 radical (unpaired) electrons. The molecule has 0 saturated heterocycles. The van der Waals surface area contributed by atoms with Crippen molar-refractivity contribution < 1.29 is 9.15 Å². The fourth-order valence-electron chi connectivity index (χ4n) is 3.08. The van der Waals surface area contributed by atoms with E-state index in [2.05, 4.69) is 19.7 Å². The van der Waals surface area contributed by atoms with Crippen LogP contribution in [0.25, 0.3) is 22.7 Å². The van der Waals surface area contributed by atoms with Crippen molar-refractivity contribution in [2.24, 2.45) is 0 Å². The number of halogens is 2. The average Bonchev–Trinajstić information content (AvgIpc) is 3.40. The highest BCUT2D eigenvalue weighted by Gasteiger charge is 2.17. The van der Waals surface area contributed by atoms with E-state index in [0.29, 0.717) is 40.6 Å². The Morgan fingerprint density at radius 3 is 2.77 bits per heavy atom. The van der Waals surface area contributed by atoms with Gasteiger partial charge in [0.15, 0.2) is 16.7 Å². The van der Waals surface area contributed by atoms with Crippen LogP contribution in [0.3, 0.4) is 0 Å². The van der Waals surface area contributed by atoms with Gasteiger partial charge in [0.1, 0.15) is 0 Å². The third-order valence-corrected chi connectivity index (χ3v) is 6.07. The van der Waals surface area contributed by atoms with E-state index < -0.39 is 0 Å². The Labute approximate surface area is 194 Å². The van der Waals surface area contributed by atoms with E-state index in [-0.39, 0.29) is 0 Å². The summed E-state index contributed by atoms with van der Waals surface area (Å²) in [7, 11) is 1.69. The largest absolute Gasteiger partial charge is 0.440 e. The van der Waals surface area contributed by atoms with Gasteiger partial charge in [-0.05, 0) is 30.7 Å². The lowest BCUT2D eigenvalue weighted by Crippen LogP contribution is -2.05. The van der Waals surface area contributed by atoms with Gasteiger partial charge in [-0.3, -0.25) is 0 Å². The maximum atomic E-state index is 6.40. The van der Waals surface area contributed by atoms with Gasteiger partial charge in [0, 0.05) is 36.4 Å². The van der Waals surface area contributed by atoms with E-state index in [1.807, 2.05) is 48.5 Å². The molecule has 0 aliphatic rings. The highest BCUT2D eigenvalue weighted by molar-refractivity contribution is 7.98. The zero-order valence-corrected chi connectivity index (χ0v) is 19.1. The first-order valence-electron chi connectivity index (χ1n) is 9.66. The van der Waals surface area contributed by atoms with Gasteiger partial charge in [0.25, 0.3) is 0 Å². The predicted octanol–water partition coefficient (Wildman–Crippen LogP) is 6.24. The molecular weight excluding hydrogens is 455 g/mol. The summed E-state index contributed by atoms with van der Waals surface area (Å²) in [6, 6.07) is 15.1. The van der Waals surface area contributed by atoms with Gasteiger partial charge in [-0.15, -0.1) is 10.2 Å². The smallest absolute Gasteiger partial charge is 0.205 e. The second kappa shape index (κ2) is 10.3. The first-order valence-corrected chi connectivity index (χ1v) is 11.4. The van der Waals surface area contributed by atoms with Crippen LogP contribution in [0.15, 0.2) is 64.3 Å². The average molecular weight is 475 g/mol. The van der Waals surface area contributed by atoms with Crippen molar-refractivity contribution in [3.05, 3.63) is 70.7 Å². The molecule has 2 aromatic heterocycles. The van der Waals surface area contributed by atoms with Crippen molar-refractivity contribution >= 4 is 35.0 Å². The molecule has 2 aromatic carbocycles. The molecule has 31 heavy (non-hydrogen) atoms. The summed E-state index contributed by atoms with van der Waals surface area (Å²) in [4.78, 5) is 4.39. The summed E-state index contributed by atoms with van der Waals surface area (Å²) in [5.41, 5.74) is 1.74. The van der Waals surface area contributed by atoms with Crippen LogP contribution in [-0.4, -0.2) is 33.5 Å². The molecule has 0 aliphatic carbocycles. The van der Waals surface area contributed by atoms with E-state index in [1.54, 1.807) is 13.3 Å². The number of methoxy groups -OCH3 is 1. The summed E-state index contributed by atoms with van der Waals surface area (Å²) >= 11 is 14.0. The van der Waals surface area contributed by atoms with Crippen LogP contribution in [0, 0.1) is 0 Å². The second-order valence-electron chi connectivity index (χ2n) is 6.70. The topological polar surface area (TPSA) is 66.0 Å². The van der Waals surface area contributed by atoms with Gasteiger partial charge in [-0.2, -0.15) is 0 Å². The zero-order chi connectivity index (χ0) is 21.6. The molecule has 0 amide bonds. The van der Waals surface area contributed by atoms with Crippen LogP contribution >= 0.6 is 35.0 Å². The maximum absolute atomic E-state index is 6.40. The Bertz CT molecular complexity index is 1160. The molecule has 4 rings (SSSR count). The summed E-state index contributed by atoms with van der Waals surface area (Å²) < 4.78 is 13.2. The standard InChI is InChI=1S/C22H20Cl2N4O2S/c1-29-11-5-10-28-21(17-8-2-3-9-18(17)24)26-27-22(28)31-14-20-25-13-19(30-20)15-6-4-7-16(23)12-15/h2-4,6-9,12-13H,5,10-11,14H2,1H3. The Morgan fingerprint density at radius 2 is 1.97 bits per heavy atom. The fraction of sp³-hybridized carbons (Fsp3) is 0.227. The van der Waals surface area contributed by atoms with Crippen molar-refractivity contribution in [1.29, 1.82) is 0 Å². The van der Waals surface area contributed by atoms with Crippen LogP contribution in [0.1, 0.15) is 12.3 Å². The summed E-state index contributed by atoms with van der Waals surface area (Å²) in [5.74, 6) is 2.53. The molecule has 2 heterocycles. The molecule has 0 unspecified atom stereocenters. The van der Waals surface area contributed by atoms with E-state index in [4.69, 9.17) is 32.4 Å². The van der Waals surface area contributed by atoms with Crippen LogP contribution in [0.4, 0.5) is 0 Å². The third-order valence-electron chi connectivity index (χ3n) is 4.55. The van der Waals surface area contributed by atoms with Crippen LogP contribution < -0.4 is 0 Å². The summed E-state index contributed by atoms with van der Waals surface area (Å²) in [5, 5.41) is 10.9. The maximum Gasteiger partial charge on any atom is 0.205 e. The van der Waals surface area contributed by atoms with Gasteiger partial charge in [0.2, 0.25) is 5.89 Å². The number of ether oxygens (including phenoxy) is 1. The minimum atomic E-state index is 0.519. The van der Waals surface area contributed by atoms with Crippen molar-refractivity contribution in [1.82, 2.24) is 19.7 Å². The molecule has 6 nitrogen and oxygen atoms in total. The molecular formula is C22H20Cl2N4O2S. The number of benzene rings is 2. The molecule has 4 aromatic rings. The fourth-order valence-corrected chi connectivity index (χ4v) is 4.31. The predicted molar refractivity (Wildman–Crippen MR) is 123 cm³/mol. The first kappa shape index (κ1) is 21.9. The van der Waals surface area contributed by atoms with Crippen LogP contribution in [0.2, 0.25) is 10.0 Å². The zero-order valence-electron chi connectivity index (χ0n) is 16.8. The van der Waals surface area contributed by atoms with E-state index >= 15 is 0 Å². The van der Waals surface area contributed by atoms with E-state index in [0.717, 1.165) is 28.5 Å². The monoisotopic (exact) mass is 474 g/mol. The molecule has 0 spiro atoms. The molecule has 0 bridgehead atoms. The lowest BCUT2D eigenvalue weighted by atomic mass is 10.2. The molecule has 9 heteroatoms. The number of oxazole rings is 1. The normalized spacial score (nSPS) is 11.2. The number of nitrogens with zero attached hydrogens (tertiary/aromatic N) is 4. The van der Waals surface area contributed by atoms with Gasteiger partial charge in [0.05, 0.1) is 17.0 Å². The number of aromatic nitrogens is 4. The number of hydrogen-bond acceptors (Lipinski definition) is 6. The third kappa shape index (κ3) is 5.30. The minimum absolute atomic E-state index is 0.519. The number of rotatable bonds is 9. The molecule has 160 valence electrons.